The smallest absolute Gasteiger partial charge is 0.299 e. The van der Waals surface area contributed by atoms with E-state index in [1.54, 1.807) is 31.2 Å². The minimum Gasteiger partial charge on any atom is -0.299 e. The molecule has 2 rings (SSSR count). The number of urea groups is 1. The summed E-state index contributed by atoms with van der Waals surface area (Å²) >= 11 is 3.27. The number of Topliss-reactive ketones (excluding diaryl/α,β-unsaturated/α-hetero) is 1. The van der Waals surface area contributed by atoms with Crippen LogP contribution in [0, 0.1) is 5.92 Å². The molecule has 1 saturated heterocycles. The Morgan fingerprint density at radius 2 is 1.96 bits per heavy atom. The van der Waals surface area contributed by atoms with E-state index in [1.807, 2.05) is 0 Å². The van der Waals surface area contributed by atoms with E-state index in [1.165, 1.54) is 6.08 Å². The highest BCUT2D eigenvalue weighted by Gasteiger charge is 2.49. The van der Waals surface area contributed by atoms with E-state index >= 15 is 0 Å². The molecule has 1 heterocycles. The van der Waals surface area contributed by atoms with E-state index in [2.05, 4.69) is 22.5 Å². The first-order valence-corrected chi connectivity index (χ1v) is 7.68. The van der Waals surface area contributed by atoms with E-state index in [9.17, 15) is 19.2 Å². The fourth-order valence-electron chi connectivity index (χ4n) is 2.35. The van der Waals surface area contributed by atoms with Crippen molar-refractivity contribution in [3.05, 3.63) is 41.4 Å². The number of carbonyl (C=O) groups is 4. The highest BCUT2D eigenvalue weighted by atomic mass is 79.9. The first-order valence-electron chi connectivity index (χ1n) is 6.89. The van der Waals surface area contributed by atoms with Crippen LogP contribution in [-0.4, -0.2) is 34.6 Å². The molecule has 6 nitrogen and oxygen atoms in total. The Morgan fingerprint density at radius 1 is 1.30 bits per heavy atom. The maximum absolute atomic E-state index is 12.7. The topological polar surface area (TPSA) is 74.8 Å². The Hall–Kier alpha value is -2.28. The summed E-state index contributed by atoms with van der Waals surface area (Å²) in [5.41, 5.74) is 0.286. The van der Waals surface area contributed by atoms with E-state index in [0.717, 1.165) is 16.7 Å². The zero-order chi connectivity index (χ0) is 17.3. The average molecular weight is 379 g/mol. The highest BCUT2D eigenvalue weighted by molar-refractivity contribution is 9.10. The molecule has 0 spiro atoms. The molecule has 23 heavy (non-hydrogen) atoms. The van der Waals surface area contributed by atoms with Gasteiger partial charge in [0.25, 0.3) is 11.8 Å². The van der Waals surface area contributed by atoms with Crippen LogP contribution in [0.15, 0.2) is 41.4 Å². The van der Waals surface area contributed by atoms with Gasteiger partial charge in [0.05, 0.1) is 11.7 Å². The molecular formula is C16H15BrN2O4. The number of carbonyl (C=O) groups excluding carboxylic acids is 4. The first kappa shape index (κ1) is 17.1. The number of hydrogen-bond acceptors (Lipinski definition) is 4. The van der Waals surface area contributed by atoms with E-state index in [0.29, 0.717) is 4.47 Å². The lowest BCUT2D eigenvalue weighted by molar-refractivity contribution is -0.146. The molecule has 7 heteroatoms. The number of halogens is 1. The predicted molar refractivity (Wildman–Crippen MR) is 87.7 cm³/mol. The molecule has 0 aliphatic carbocycles. The van der Waals surface area contributed by atoms with Gasteiger partial charge in [0, 0.05) is 4.47 Å². The molecule has 120 valence electrons. The summed E-state index contributed by atoms with van der Waals surface area (Å²) in [5.74, 6) is -3.77. The third-order valence-corrected chi connectivity index (χ3v) is 4.06. The van der Waals surface area contributed by atoms with E-state index in [4.69, 9.17) is 0 Å². The van der Waals surface area contributed by atoms with Gasteiger partial charge in [-0.15, -0.1) is 6.58 Å². The zero-order valence-electron chi connectivity index (χ0n) is 12.7. The van der Waals surface area contributed by atoms with Crippen molar-refractivity contribution < 1.29 is 19.2 Å². The molecule has 0 aromatic heterocycles. The summed E-state index contributed by atoms with van der Waals surface area (Å²) in [7, 11) is 0. The molecule has 1 fully saturated rings. The fourth-order valence-corrected chi connectivity index (χ4v) is 2.74. The Balaban J connectivity index is 2.58. The predicted octanol–water partition coefficient (Wildman–Crippen LogP) is 2.52. The number of amides is 4. The zero-order valence-corrected chi connectivity index (χ0v) is 14.2. The number of rotatable bonds is 4. The molecule has 0 radical (unpaired) electrons. The Bertz CT molecular complexity index is 716. The van der Waals surface area contributed by atoms with Crippen LogP contribution in [0.4, 0.5) is 10.5 Å². The SMILES string of the molecule is C=CC(C)N1C(=O)C(C(C)=O)C(=O)N(c2cccc(Br)c2)C1=O. The van der Waals surface area contributed by atoms with Gasteiger partial charge in [0.2, 0.25) is 0 Å². The second-order valence-corrected chi connectivity index (χ2v) is 6.08. The molecule has 2 unspecified atom stereocenters. The summed E-state index contributed by atoms with van der Waals surface area (Å²) in [6.07, 6.45) is 1.40. The van der Waals surface area contributed by atoms with Crippen molar-refractivity contribution in [3.8, 4) is 0 Å². The van der Waals surface area contributed by atoms with Crippen LogP contribution in [0.2, 0.25) is 0 Å². The van der Waals surface area contributed by atoms with Crippen LogP contribution in [0.1, 0.15) is 13.8 Å². The van der Waals surface area contributed by atoms with Gasteiger partial charge in [-0.05, 0) is 32.0 Å². The molecule has 1 aromatic carbocycles. The van der Waals surface area contributed by atoms with Crippen molar-refractivity contribution in [2.45, 2.75) is 19.9 Å². The van der Waals surface area contributed by atoms with Crippen molar-refractivity contribution in [2.24, 2.45) is 5.92 Å². The maximum atomic E-state index is 12.7. The highest BCUT2D eigenvalue weighted by Crippen LogP contribution is 2.28. The van der Waals surface area contributed by atoms with Crippen molar-refractivity contribution in [1.29, 1.82) is 0 Å². The first-order chi connectivity index (χ1) is 10.8. The summed E-state index contributed by atoms with van der Waals surface area (Å²) in [6.45, 7) is 6.31. The third-order valence-electron chi connectivity index (χ3n) is 3.57. The summed E-state index contributed by atoms with van der Waals surface area (Å²) in [6, 6.07) is 5.09. The number of anilines is 1. The van der Waals surface area contributed by atoms with Crippen molar-refractivity contribution in [2.75, 3.05) is 4.90 Å². The molecule has 1 aliphatic heterocycles. The summed E-state index contributed by atoms with van der Waals surface area (Å²) in [4.78, 5) is 51.2. The molecule has 1 aromatic rings. The maximum Gasteiger partial charge on any atom is 0.338 e. The van der Waals surface area contributed by atoms with Crippen LogP contribution >= 0.6 is 15.9 Å². The van der Waals surface area contributed by atoms with Crippen LogP contribution in [0.5, 0.6) is 0 Å². The van der Waals surface area contributed by atoms with Gasteiger partial charge in [-0.3, -0.25) is 19.3 Å². The number of barbiturate groups is 1. The van der Waals surface area contributed by atoms with Crippen LogP contribution in [0.3, 0.4) is 0 Å². The van der Waals surface area contributed by atoms with Gasteiger partial charge in [-0.2, -0.15) is 0 Å². The molecule has 1 aliphatic rings. The van der Waals surface area contributed by atoms with Gasteiger partial charge in [-0.1, -0.05) is 28.1 Å². The number of imide groups is 2. The standard InChI is InChI=1S/C16H15BrN2O4/c1-4-9(2)18-14(21)13(10(3)20)15(22)19(16(18)23)12-7-5-6-11(17)8-12/h4-9,13H,1H2,2-3H3. The van der Waals surface area contributed by atoms with Gasteiger partial charge in [0.15, 0.2) is 11.7 Å². The number of hydrogen-bond donors (Lipinski definition) is 0. The van der Waals surface area contributed by atoms with E-state index < -0.39 is 35.6 Å². The summed E-state index contributed by atoms with van der Waals surface area (Å²) in [5, 5.41) is 0. The largest absolute Gasteiger partial charge is 0.338 e. The van der Waals surface area contributed by atoms with Crippen molar-refractivity contribution >= 4 is 45.2 Å². The van der Waals surface area contributed by atoms with Crippen LogP contribution in [-0.2, 0) is 14.4 Å². The number of ketones is 1. The van der Waals surface area contributed by atoms with Crippen LogP contribution < -0.4 is 4.90 Å². The fraction of sp³-hybridized carbons (Fsp3) is 0.250. The van der Waals surface area contributed by atoms with Gasteiger partial charge < -0.3 is 0 Å². The lowest BCUT2D eigenvalue weighted by Gasteiger charge is -2.38. The molecule has 4 amide bonds. The molecule has 0 bridgehead atoms. The second kappa shape index (κ2) is 6.45. The second-order valence-electron chi connectivity index (χ2n) is 5.16. The number of nitrogens with zero attached hydrogens (tertiary/aromatic N) is 2. The van der Waals surface area contributed by atoms with E-state index in [-0.39, 0.29) is 5.69 Å². The van der Waals surface area contributed by atoms with Gasteiger partial charge in [0.1, 0.15) is 0 Å². The lowest BCUT2D eigenvalue weighted by atomic mass is 9.97. The molecule has 0 N–H and O–H groups in total. The van der Waals surface area contributed by atoms with Crippen LogP contribution in [0.25, 0.3) is 0 Å². The average Bonchev–Trinajstić information content (AvgIpc) is 2.46. The Labute approximate surface area is 141 Å². The Morgan fingerprint density at radius 3 is 2.48 bits per heavy atom. The quantitative estimate of drug-likeness (QED) is 0.595. The number of benzene rings is 1. The van der Waals surface area contributed by atoms with Crippen molar-refractivity contribution in [1.82, 2.24) is 4.90 Å². The minimum atomic E-state index is -1.52. The van der Waals surface area contributed by atoms with Gasteiger partial charge >= 0.3 is 6.03 Å². The lowest BCUT2D eigenvalue weighted by Crippen LogP contribution is -2.63. The monoisotopic (exact) mass is 378 g/mol. The Kier molecular flexibility index (Phi) is 4.79. The molecule has 0 saturated carbocycles. The molecular weight excluding hydrogens is 364 g/mol. The summed E-state index contributed by atoms with van der Waals surface area (Å²) < 4.78 is 0.662. The normalized spacial score (nSPS) is 19.8. The van der Waals surface area contributed by atoms with Gasteiger partial charge in [-0.25, -0.2) is 9.69 Å². The molecule has 2 atom stereocenters. The van der Waals surface area contributed by atoms with Crippen molar-refractivity contribution in [3.63, 3.8) is 0 Å². The third kappa shape index (κ3) is 2.96. The minimum absolute atomic E-state index is 0.286.